The monoisotopic (exact) mass is 271 g/mol. The maximum absolute atomic E-state index is 6.37. The number of nitrogens with two attached hydrogens (primary N) is 1. The van der Waals surface area contributed by atoms with E-state index < -0.39 is 0 Å². The molecule has 0 fully saturated rings. The number of hydrogen-bond acceptors (Lipinski definition) is 1. The second kappa shape index (κ2) is 6.97. The third kappa shape index (κ3) is 3.65. The lowest BCUT2D eigenvalue weighted by Gasteiger charge is -2.23. The van der Waals surface area contributed by atoms with Crippen LogP contribution in [0.15, 0.2) is 23.8 Å². The Hall–Kier alpha value is -1.24. The van der Waals surface area contributed by atoms with E-state index in [0.717, 1.165) is 5.69 Å². The molecule has 1 nitrogen and oxygen atoms in total. The zero-order chi connectivity index (χ0) is 14.5. The van der Waals surface area contributed by atoms with Gasteiger partial charge in [0.25, 0.3) is 0 Å². The fourth-order valence-corrected chi connectivity index (χ4v) is 3.47. The number of anilines is 1. The predicted octanol–water partition coefficient (Wildman–Crippen LogP) is 5.52. The van der Waals surface area contributed by atoms with Crippen LogP contribution in [-0.4, -0.2) is 0 Å². The highest BCUT2D eigenvalue weighted by Crippen LogP contribution is 2.36. The maximum atomic E-state index is 6.37. The number of hydrogen-bond donors (Lipinski definition) is 1. The van der Waals surface area contributed by atoms with Crippen LogP contribution in [0.2, 0.25) is 0 Å². The van der Waals surface area contributed by atoms with Crippen molar-refractivity contribution in [2.45, 2.75) is 71.6 Å². The molecule has 2 N–H and O–H groups in total. The van der Waals surface area contributed by atoms with Crippen LogP contribution in [0.3, 0.4) is 0 Å². The molecule has 0 bridgehead atoms. The first-order valence-corrected chi connectivity index (χ1v) is 8.18. The van der Waals surface area contributed by atoms with E-state index >= 15 is 0 Å². The van der Waals surface area contributed by atoms with E-state index in [9.17, 15) is 0 Å². The van der Waals surface area contributed by atoms with E-state index in [0.29, 0.717) is 5.92 Å². The largest absolute Gasteiger partial charge is 0.398 e. The quantitative estimate of drug-likeness (QED) is 0.425. The molecule has 20 heavy (non-hydrogen) atoms. The summed E-state index contributed by atoms with van der Waals surface area (Å²) < 4.78 is 0. The molecule has 1 aromatic carbocycles. The van der Waals surface area contributed by atoms with Crippen molar-refractivity contribution in [2.75, 3.05) is 5.73 Å². The van der Waals surface area contributed by atoms with Gasteiger partial charge >= 0.3 is 0 Å². The number of benzene rings is 1. The third-order valence-corrected chi connectivity index (χ3v) is 4.49. The van der Waals surface area contributed by atoms with Gasteiger partial charge in [-0.1, -0.05) is 37.5 Å². The minimum atomic E-state index is 0.536. The van der Waals surface area contributed by atoms with Gasteiger partial charge < -0.3 is 5.73 Å². The molecule has 1 heteroatoms. The average molecular weight is 271 g/mol. The Morgan fingerprint density at radius 2 is 2.00 bits per heavy atom. The number of rotatable bonds is 5. The highest BCUT2D eigenvalue weighted by molar-refractivity contribution is 5.56. The molecular formula is C19H29N. The van der Waals surface area contributed by atoms with E-state index in [4.69, 9.17) is 5.73 Å². The molecular weight excluding hydrogens is 242 g/mol. The molecule has 110 valence electrons. The van der Waals surface area contributed by atoms with E-state index in [1.54, 1.807) is 0 Å². The zero-order valence-electron chi connectivity index (χ0n) is 13.3. The number of unbranched alkanes of at least 4 members (excludes halogenated alkanes) is 2. The molecule has 0 radical (unpaired) electrons. The molecule has 0 amide bonds. The summed E-state index contributed by atoms with van der Waals surface area (Å²) >= 11 is 0. The van der Waals surface area contributed by atoms with Crippen LogP contribution in [0.4, 0.5) is 5.69 Å². The molecule has 0 spiro atoms. The van der Waals surface area contributed by atoms with Gasteiger partial charge in [0.05, 0.1) is 0 Å². The summed E-state index contributed by atoms with van der Waals surface area (Å²) in [7, 11) is 0. The lowest BCUT2D eigenvalue weighted by Crippen LogP contribution is -2.08. The van der Waals surface area contributed by atoms with Gasteiger partial charge in [-0.3, -0.25) is 0 Å². The first-order valence-electron chi connectivity index (χ1n) is 8.18. The van der Waals surface area contributed by atoms with Crippen LogP contribution in [0, 0.1) is 6.92 Å². The molecule has 1 aliphatic rings. The lowest BCUT2D eigenvalue weighted by molar-refractivity contribution is 0.632. The fraction of sp³-hybridized carbons (Fsp3) is 0.579. The topological polar surface area (TPSA) is 26.0 Å². The van der Waals surface area contributed by atoms with Gasteiger partial charge in [0.2, 0.25) is 0 Å². The smallest absolute Gasteiger partial charge is 0.0358 e. The van der Waals surface area contributed by atoms with Crippen LogP contribution in [-0.2, 0) is 6.42 Å². The molecule has 0 aromatic heterocycles. The van der Waals surface area contributed by atoms with E-state index in [2.05, 4.69) is 39.0 Å². The Morgan fingerprint density at radius 3 is 2.65 bits per heavy atom. The molecule has 1 atom stereocenters. The van der Waals surface area contributed by atoms with Crippen LogP contribution in [0.1, 0.15) is 75.0 Å². The first kappa shape index (κ1) is 15.2. The van der Waals surface area contributed by atoms with Crippen molar-refractivity contribution in [3.8, 4) is 0 Å². The second-order valence-corrected chi connectivity index (χ2v) is 6.38. The Labute approximate surface area is 124 Å². The maximum Gasteiger partial charge on any atom is 0.0358 e. The summed E-state index contributed by atoms with van der Waals surface area (Å²) in [6, 6.07) is 4.58. The fourth-order valence-electron chi connectivity index (χ4n) is 3.47. The number of nitrogen functional groups attached to an aromatic ring is 1. The summed E-state index contributed by atoms with van der Waals surface area (Å²) in [5, 5.41) is 0. The summed E-state index contributed by atoms with van der Waals surface area (Å²) in [4.78, 5) is 0. The molecule has 1 unspecified atom stereocenters. The van der Waals surface area contributed by atoms with Crippen molar-refractivity contribution >= 4 is 5.69 Å². The van der Waals surface area contributed by atoms with Crippen molar-refractivity contribution < 1.29 is 0 Å². The van der Waals surface area contributed by atoms with Gasteiger partial charge in [0.15, 0.2) is 0 Å². The summed E-state index contributed by atoms with van der Waals surface area (Å²) in [5.41, 5.74) is 13.1. The highest BCUT2D eigenvalue weighted by atomic mass is 14.6. The Kier molecular flexibility index (Phi) is 5.28. The zero-order valence-corrected chi connectivity index (χ0v) is 13.3. The first-order chi connectivity index (χ1) is 9.61. The molecule has 0 aliphatic heterocycles. The van der Waals surface area contributed by atoms with Crippen LogP contribution < -0.4 is 5.73 Å². The minimum absolute atomic E-state index is 0.536. The molecule has 0 heterocycles. The molecule has 2 rings (SSSR count). The van der Waals surface area contributed by atoms with Crippen LogP contribution >= 0.6 is 0 Å². The average Bonchev–Trinajstić information content (AvgIpc) is 2.38. The second-order valence-electron chi connectivity index (χ2n) is 6.38. The van der Waals surface area contributed by atoms with Crippen LogP contribution in [0.25, 0.3) is 0 Å². The Bertz CT molecular complexity index is 462. The van der Waals surface area contributed by atoms with Gasteiger partial charge in [0.1, 0.15) is 0 Å². The summed E-state index contributed by atoms with van der Waals surface area (Å²) in [6.45, 7) is 6.73. The minimum Gasteiger partial charge on any atom is -0.398 e. The van der Waals surface area contributed by atoms with Gasteiger partial charge in [-0.15, -0.1) is 0 Å². The van der Waals surface area contributed by atoms with Crippen molar-refractivity contribution in [1.82, 2.24) is 0 Å². The van der Waals surface area contributed by atoms with E-state index in [1.165, 1.54) is 67.2 Å². The van der Waals surface area contributed by atoms with Crippen molar-refractivity contribution in [3.05, 3.63) is 40.5 Å². The summed E-state index contributed by atoms with van der Waals surface area (Å²) in [5.74, 6) is 0.536. The number of aryl methyl sites for hydroxylation is 2. The summed E-state index contributed by atoms with van der Waals surface area (Å²) in [6.07, 6.45) is 11.3. The van der Waals surface area contributed by atoms with Gasteiger partial charge in [0, 0.05) is 11.6 Å². The molecule has 1 aliphatic carbocycles. The SMILES string of the molecule is CCCCCc1cc(C)c(C2C=C(C)CCC2)c(N)c1. The third-order valence-electron chi connectivity index (χ3n) is 4.49. The van der Waals surface area contributed by atoms with Gasteiger partial charge in [-0.2, -0.15) is 0 Å². The van der Waals surface area contributed by atoms with Gasteiger partial charge in [-0.25, -0.2) is 0 Å². The van der Waals surface area contributed by atoms with Crippen molar-refractivity contribution in [2.24, 2.45) is 0 Å². The number of allylic oxidation sites excluding steroid dienone is 2. The van der Waals surface area contributed by atoms with Crippen LogP contribution in [0.5, 0.6) is 0 Å². The normalized spacial score (nSPS) is 18.9. The molecule has 0 saturated heterocycles. The van der Waals surface area contributed by atoms with Crippen molar-refractivity contribution in [3.63, 3.8) is 0 Å². The highest BCUT2D eigenvalue weighted by Gasteiger charge is 2.18. The van der Waals surface area contributed by atoms with Crippen molar-refractivity contribution in [1.29, 1.82) is 0 Å². The Morgan fingerprint density at radius 1 is 1.20 bits per heavy atom. The molecule has 0 saturated carbocycles. The lowest BCUT2D eigenvalue weighted by atomic mass is 9.82. The standard InChI is InChI=1S/C19H29N/c1-4-5-6-9-16-12-15(3)19(18(20)13-16)17-10-7-8-14(2)11-17/h11-13,17H,4-10,20H2,1-3H3. The van der Waals surface area contributed by atoms with E-state index in [-0.39, 0.29) is 0 Å². The van der Waals surface area contributed by atoms with Gasteiger partial charge in [-0.05, 0) is 68.7 Å². The van der Waals surface area contributed by atoms with E-state index in [1.807, 2.05) is 0 Å². The molecule has 1 aromatic rings. The predicted molar refractivity (Wildman–Crippen MR) is 89.2 cm³/mol. The Balaban J connectivity index is 2.20.